The molecular formula is C19H23BrFN3O2S. The number of aliphatic imine (C=N–C) groups is 1. The number of benzene rings is 1. The molecule has 1 unspecified atom stereocenters. The van der Waals surface area contributed by atoms with E-state index in [2.05, 4.69) is 27.3 Å². The number of hydrogen-bond donors (Lipinski definition) is 2. The molecule has 1 aromatic rings. The zero-order chi connectivity index (χ0) is 19.4. The molecule has 0 radical (unpaired) electrons. The fraction of sp³-hybridized carbons (Fsp3) is 0.579. The molecule has 1 spiro atoms. The van der Waals surface area contributed by atoms with Crippen LogP contribution in [0.3, 0.4) is 0 Å². The first kappa shape index (κ1) is 19.1. The average molecular weight is 456 g/mol. The number of amides is 1. The zero-order valence-electron chi connectivity index (χ0n) is 15.3. The largest absolute Gasteiger partial charge is 0.490 e. The lowest BCUT2D eigenvalue weighted by molar-refractivity contribution is -0.132. The summed E-state index contributed by atoms with van der Waals surface area (Å²) < 4.78 is 21.2. The van der Waals surface area contributed by atoms with Crippen molar-refractivity contribution in [2.45, 2.75) is 56.5 Å². The van der Waals surface area contributed by atoms with E-state index in [0.717, 1.165) is 34.4 Å². The third kappa shape index (κ3) is 3.35. The summed E-state index contributed by atoms with van der Waals surface area (Å²) in [5.41, 5.74) is 4.75. The SMILES string of the molecule is CC(C)(F)C(=O)N[C@@H]1CC[C@@H]2Oc3ccc(Br)cc3C3(CSC(N)=N3)[C@H]2C1. The summed E-state index contributed by atoms with van der Waals surface area (Å²) in [6, 6.07) is 5.91. The van der Waals surface area contributed by atoms with Gasteiger partial charge in [0.05, 0.1) is 0 Å². The van der Waals surface area contributed by atoms with Crippen molar-refractivity contribution in [1.82, 2.24) is 5.32 Å². The van der Waals surface area contributed by atoms with Crippen molar-refractivity contribution in [3.8, 4) is 5.75 Å². The summed E-state index contributed by atoms with van der Waals surface area (Å²) in [6.07, 6.45) is 2.26. The molecule has 2 heterocycles. The molecule has 1 aliphatic carbocycles. The summed E-state index contributed by atoms with van der Waals surface area (Å²) in [5, 5.41) is 3.46. The van der Waals surface area contributed by atoms with Gasteiger partial charge in [-0.15, -0.1) is 0 Å². The molecule has 2 aliphatic heterocycles. The minimum atomic E-state index is -1.89. The standard InChI is InChI=1S/C19H23BrFN3O2S/c1-18(2,21)16(25)23-11-4-6-15-13(8-11)19(9-27-17(22)24-19)12-7-10(20)3-5-14(12)26-15/h3,5,7,11,13,15H,4,6,8-9H2,1-2H3,(H2,22,24)(H,23,25)/t11-,13+,15+,19?/m1/s1. The Morgan fingerprint density at radius 3 is 2.93 bits per heavy atom. The van der Waals surface area contributed by atoms with Crippen LogP contribution in [0.4, 0.5) is 4.39 Å². The molecule has 4 atom stereocenters. The van der Waals surface area contributed by atoms with Crippen LogP contribution in [0.2, 0.25) is 0 Å². The Morgan fingerprint density at radius 2 is 2.26 bits per heavy atom. The van der Waals surface area contributed by atoms with Gasteiger partial charge < -0.3 is 15.8 Å². The molecule has 3 aliphatic rings. The molecule has 4 rings (SSSR count). The Kier molecular flexibility index (Phi) is 4.70. The van der Waals surface area contributed by atoms with Gasteiger partial charge in [0, 0.05) is 27.7 Å². The van der Waals surface area contributed by atoms with Gasteiger partial charge in [-0.1, -0.05) is 27.7 Å². The van der Waals surface area contributed by atoms with Crippen molar-refractivity contribution >= 4 is 38.8 Å². The number of nitrogens with one attached hydrogen (secondary N) is 1. The molecule has 5 nitrogen and oxygen atoms in total. The Bertz CT molecular complexity index is 813. The fourth-order valence-corrected chi connectivity index (χ4v) is 5.74. The van der Waals surface area contributed by atoms with Crippen molar-refractivity contribution in [2.75, 3.05) is 5.75 Å². The Morgan fingerprint density at radius 1 is 1.48 bits per heavy atom. The lowest BCUT2D eigenvalue weighted by atomic mass is 9.67. The van der Waals surface area contributed by atoms with E-state index in [-0.39, 0.29) is 18.1 Å². The monoisotopic (exact) mass is 455 g/mol. The number of fused-ring (bicyclic) bond motifs is 4. The highest BCUT2D eigenvalue weighted by atomic mass is 79.9. The number of amidine groups is 1. The second-order valence-electron chi connectivity index (χ2n) is 8.02. The van der Waals surface area contributed by atoms with Gasteiger partial charge in [-0.25, -0.2) is 9.38 Å². The smallest absolute Gasteiger partial charge is 0.257 e. The fourth-order valence-electron chi connectivity index (χ4n) is 4.35. The van der Waals surface area contributed by atoms with Crippen LogP contribution in [0.15, 0.2) is 27.7 Å². The van der Waals surface area contributed by atoms with E-state index in [1.165, 1.54) is 13.8 Å². The first-order valence-corrected chi connectivity index (χ1v) is 10.9. The number of nitrogens with zero attached hydrogens (tertiary/aromatic N) is 1. The molecule has 0 saturated heterocycles. The summed E-state index contributed by atoms with van der Waals surface area (Å²) in [5.74, 6) is 1.12. The van der Waals surface area contributed by atoms with E-state index in [9.17, 15) is 9.18 Å². The van der Waals surface area contributed by atoms with E-state index in [1.807, 2.05) is 12.1 Å². The van der Waals surface area contributed by atoms with E-state index >= 15 is 0 Å². The van der Waals surface area contributed by atoms with Crippen LogP contribution >= 0.6 is 27.7 Å². The van der Waals surface area contributed by atoms with Crippen molar-refractivity contribution in [3.63, 3.8) is 0 Å². The van der Waals surface area contributed by atoms with Gasteiger partial charge >= 0.3 is 0 Å². The molecular weight excluding hydrogens is 433 g/mol. The lowest BCUT2D eigenvalue weighted by Gasteiger charge is -2.48. The number of halogens is 2. The summed E-state index contributed by atoms with van der Waals surface area (Å²) in [7, 11) is 0. The number of ether oxygens (including phenoxy) is 1. The molecule has 27 heavy (non-hydrogen) atoms. The van der Waals surface area contributed by atoms with Crippen LogP contribution in [0.1, 0.15) is 38.7 Å². The van der Waals surface area contributed by atoms with Gasteiger partial charge in [-0.2, -0.15) is 0 Å². The van der Waals surface area contributed by atoms with Crippen molar-refractivity contribution in [2.24, 2.45) is 16.6 Å². The predicted octanol–water partition coefficient (Wildman–Crippen LogP) is 3.50. The van der Waals surface area contributed by atoms with Crippen LogP contribution in [-0.4, -0.2) is 34.6 Å². The molecule has 1 fully saturated rings. The number of carbonyl (C=O) groups excluding carboxylic acids is 1. The van der Waals surface area contributed by atoms with Gasteiger partial charge in [-0.05, 0) is 51.3 Å². The third-order valence-corrected chi connectivity index (χ3v) is 7.18. The molecule has 1 amide bonds. The predicted molar refractivity (Wildman–Crippen MR) is 109 cm³/mol. The second-order valence-corrected chi connectivity index (χ2v) is 9.93. The number of rotatable bonds is 2. The highest BCUT2D eigenvalue weighted by molar-refractivity contribution is 9.10. The summed E-state index contributed by atoms with van der Waals surface area (Å²) in [6.45, 7) is 2.57. The van der Waals surface area contributed by atoms with Gasteiger partial charge in [0.25, 0.3) is 5.91 Å². The van der Waals surface area contributed by atoms with Gasteiger partial charge in [-0.3, -0.25) is 4.79 Å². The minimum Gasteiger partial charge on any atom is -0.490 e. The highest BCUT2D eigenvalue weighted by Crippen LogP contribution is 2.54. The molecule has 8 heteroatoms. The zero-order valence-corrected chi connectivity index (χ0v) is 17.7. The maximum atomic E-state index is 14.0. The van der Waals surface area contributed by atoms with Crippen molar-refractivity contribution in [1.29, 1.82) is 0 Å². The van der Waals surface area contributed by atoms with Crippen LogP contribution < -0.4 is 15.8 Å². The summed E-state index contributed by atoms with van der Waals surface area (Å²) in [4.78, 5) is 17.0. The maximum absolute atomic E-state index is 14.0. The van der Waals surface area contributed by atoms with Crippen molar-refractivity contribution < 1.29 is 13.9 Å². The maximum Gasteiger partial charge on any atom is 0.257 e. The van der Waals surface area contributed by atoms with E-state index < -0.39 is 17.1 Å². The lowest BCUT2D eigenvalue weighted by Crippen LogP contribution is -2.55. The van der Waals surface area contributed by atoms with Gasteiger partial charge in [0.2, 0.25) is 0 Å². The minimum absolute atomic E-state index is 0.0143. The molecule has 0 bridgehead atoms. The van der Waals surface area contributed by atoms with Gasteiger partial charge in [0.1, 0.15) is 17.4 Å². The number of nitrogens with two attached hydrogens (primary N) is 1. The Balaban J connectivity index is 1.68. The van der Waals surface area contributed by atoms with Crippen LogP contribution in [0, 0.1) is 5.92 Å². The number of hydrogen-bond acceptors (Lipinski definition) is 5. The molecule has 1 aromatic carbocycles. The van der Waals surface area contributed by atoms with E-state index in [1.54, 1.807) is 11.8 Å². The second kappa shape index (κ2) is 6.65. The van der Waals surface area contributed by atoms with Gasteiger partial charge in [0.15, 0.2) is 10.8 Å². The first-order valence-electron chi connectivity index (χ1n) is 9.14. The molecule has 146 valence electrons. The quantitative estimate of drug-likeness (QED) is 0.715. The first-order chi connectivity index (χ1) is 12.7. The molecule has 1 saturated carbocycles. The normalized spacial score (nSPS) is 32.3. The summed E-state index contributed by atoms with van der Waals surface area (Å²) >= 11 is 5.11. The third-order valence-electron chi connectivity index (χ3n) is 5.71. The van der Waals surface area contributed by atoms with Crippen LogP contribution in [0.5, 0.6) is 5.75 Å². The number of alkyl halides is 1. The number of thioether (sulfide) groups is 1. The topological polar surface area (TPSA) is 76.7 Å². The van der Waals surface area contributed by atoms with Crippen LogP contribution in [-0.2, 0) is 10.3 Å². The average Bonchev–Trinajstić information content (AvgIpc) is 2.98. The molecule has 0 aromatic heterocycles. The number of carbonyl (C=O) groups is 1. The molecule has 3 N–H and O–H groups in total. The van der Waals surface area contributed by atoms with Crippen LogP contribution in [0.25, 0.3) is 0 Å². The highest BCUT2D eigenvalue weighted by Gasteiger charge is 2.54. The Labute approximate surface area is 170 Å². The van der Waals surface area contributed by atoms with E-state index in [0.29, 0.717) is 11.6 Å². The van der Waals surface area contributed by atoms with E-state index in [4.69, 9.17) is 15.5 Å². The Hall–Kier alpha value is -1.28. The van der Waals surface area contributed by atoms with Crippen molar-refractivity contribution in [3.05, 3.63) is 28.2 Å².